The van der Waals surface area contributed by atoms with Crippen molar-refractivity contribution in [3.05, 3.63) is 69.8 Å². The van der Waals surface area contributed by atoms with Gasteiger partial charge >= 0.3 is 0 Å². The van der Waals surface area contributed by atoms with E-state index in [0.29, 0.717) is 11.1 Å². The van der Waals surface area contributed by atoms with Crippen LogP contribution in [0.15, 0.2) is 52.7 Å². The number of nitrogens with zero attached hydrogens (tertiary/aromatic N) is 1. The highest BCUT2D eigenvalue weighted by Crippen LogP contribution is 2.26. The summed E-state index contributed by atoms with van der Waals surface area (Å²) < 4.78 is 40.9. The van der Waals surface area contributed by atoms with Crippen molar-refractivity contribution in [3.8, 4) is 11.3 Å². The number of sulfonamides is 1. The first-order valence-electron chi connectivity index (χ1n) is 7.62. The van der Waals surface area contributed by atoms with Crippen molar-refractivity contribution in [1.29, 1.82) is 0 Å². The smallest absolute Gasteiger partial charge is 0.241 e. The molecule has 0 saturated carbocycles. The fourth-order valence-corrected chi connectivity index (χ4v) is 4.31. The van der Waals surface area contributed by atoms with Crippen LogP contribution in [0.25, 0.3) is 11.3 Å². The number of hydrogen-bond acceptors (Lipinski definition) is 4. The van der Waals surface area contributed by atoms with Crippen LogP contribution in [0.5, 0.6) is 0 Å². The van der Waals surface area contributed by atoms with Crippen LogP contribution in [0.4, 0.5) is 4.39 Å². The van der Waals surface area contributed by atoms with Crippen molar-refractivity contribution in [3.63, 3.8) is 0 Å². The summed E-state index contributed by atoms with van der Waals surface area (Å²) in [5.41, 5.74) is 2.87. The molecular weight excluding hydrogens is 359 g/mol. The molecule has 0 aliphatic heterocycles. The molecule has 0 amide bonds. The van der Waals surface area contributed by atoms with Gasteiger partial charge in [-0.05, 0) is 43.2 Å². The van der Waals surface area contributed by atoms with Gasteiger partial charge in [0.15, 0.2) is 0 Å². The molecule has 1 N–H and O–H groups in total. The summed E-state index contributed by atoms with van der Waals surface area (Å²) >= 11 is 1.52. The molecule has 1 aromatic heterocycles. The van der Waals surface area contributed by atoms with Crippen LogP contribution < -0.4 is 4.72 Å². The molecule has 2 aromatic carbocycles. The van der Waals surface area contributed by atoms with Crippen LogP contribution >= 0.6 is 11.3 Å². The Balaban J connectivity index is 1.87. The minimum absolute atomic E-state index is 0.0993. The number of hydrogen-bond donors (Lipinski definition) is 1. The molecule has 0 spiro atoms. The number of aryl methyl sites for hydroxylation is 2. The predicted octanol–water partition coefficient (Wildman–Crippen LogP) is 4.04. The molecule has 25 heavy (non-hydrogen) atoms. The van der Waals surface area contributed by atoms with E-state index in [2.05, 4.69) is 9.71 Å². The summed E-state index contributed by atoms with van der Waals surface area (Å²) in [4.78, 5) is 4.62. The minimum atomic E-state index is -3.69. The van der Waals surface area contributed by atoms with Crippen molar-refractivity contribution in [1.82, 2.24) is 9.71 Å². The van der Waals surface area contributed by atoms with E-state index in [0.717, 1.165) is 16.3 Å². The van der Waals surface area contributed by atoms with Crippen LogP contribution in [0.3, 0.4) is 0 Å². The molecule has 4 nitrogen and oxygen atoms in total. The second kappa shape index (κ2) is 7.03. The second-order valence-electron chi connectivity index (χ2n) is 5.68. The molecular formula is C18H17FN2O2S2. The first-order valence-corrected chi connectivity index (χ1v) is 9.99. The molecule has 0 radical (unpaired) electrons. The Morgan fingerprint density at radius 1 is 1.12 bits per heavy atom. The quantitative estimate of drug-likeness (QED) is 0.731. The van der Waals surface area contributed by atoms with Gasteiger partial charge in [-0.3, -0.25) is 0 Å². The highest BCUT2D eigenvalue weighted by atomic mass is 32.2. The van der Waals surface area contributed by atoms with E-state index in [1.54, 1.807) is 31.2 Å². The molecule has 0 bridgehead atoms. The Kier molecular flexibility index (Phi) is 4.99. The average Bonchev–Trinajstić information content (AvgIpc) is 3.01. The molecule has 3 rings (SSSR count). The van der Waals surface area contributed by atoms with Crippen LogP contribution in [-0.2, 0) is 16.6 Å². The standard InChI is InChI=1S/C18H17FN2O2S2/c1-12-3-6-15(17-11-24-13(2)21-17)9-18(12)25(22,23)20-10-14-4-7-16(19)8-5-14/h3-9,11,20H,10H2,1-2H3. The molecule has 0 fully saturated rings. The minimum Gasteiger partial charge on any atom is -0.242 e. The van der Waals surface area contributed by atoms with E-state index >= 15 is 0 Å². The SMILES string of the molecule is Cc1nc(-c2ccc(C)c(S(=O)(=O)NCc3ccc(F)cc3)c2)cs1. The van der Waals surface area contributed by atoms with Crippen LogP contribution in [-0.4, -0.2) is 13.4 Å². The van der Waals surface area contributed by atoms with Crippen LogP contribution in [0.1, 0.15) is 16.1 Å². The molecule has 3 aromatic rings. The maximum atomic E-state index is 12.9. The van der Waals surface area contributed by atoms with Gasteiger partial charge in [0.1, 0.15) is 5.82 Å². The zero-order valence-corrected chi connectivity index (χ0v) is 15.4. The van der Waals surface area contributed by atoms with Gasteiger partial charge < -0.3 is 0 Å². The molecule has 0 atom stereocenters. The van der Waals surface area contributed by atoms with E-state index in [1.807, 2.05) is 18.4 Å². The fraction of sp³-hybridized carbons (Fsp3) is 0.167. The van der Waals surface area contributed by atoms with Crippen molar-refractivity contribution in [2.75, 3.05) is 0 Å². The number of thiazole rings is 1. The lowest BCUT2D eigenvalue weighted by atomic mass is 10.1. The predicted molar refractivity (Wildman–Crippen MR) is 97.4 cm³/mol. The Hall–Kier alpha value is -2.09. The van der Waals surface area contributed by atoms with Gasteiger partial charge in [-0.25, -0.2) is 22.5 Å². The maximum absolute atomic E-state index is 12.9. The fourth-order valence-electron chi connectivity index (χ4n) is 2.40. The van der Waals surface area contributed by atoms with Gasteiger partial charge in [-0.2, -0.15) is 0 Å². The van der Waals surface area contributed by atoms with Crippen LogP contribution in [0, 0.1) is 19.7 Å². The molecule has 0 aliphatic carbocycles. The topological polar surface area (TPSA) is 59.1 Å². The van der Waals surface area contributed by atoms with E-state index in [1.165, 1.54) is 23.5 Å². The first-order chi connectivity index (χ1) is 11.8. The molecule has 130 valence electrons. The van der Waals surface area contributed by atoms with Crippen molar-refractivity contribution in [2.24, 2.45) is 0 Å². The summed E-state index contributed by atoms with van der Waals surface area (Å²) in [5, 5.41) is 2.83. The Morgan fingerprint density at radius 2 is 1.84 bits per heavy atom. The van der Waals surface area contributed by atoms with Crippen molar-refractivity contribution >= 4 is 21.4 Å². The van der Waals surface area contributed by atoms with Crippen molar-refractivity contribution < 1.29 is 12.8 Å². The summed E-state index contributed by atoms with van der Waals surface area (Å²) in [6.07, 6.45) is 0. The number of halogens is 1. The Bertz CT molecular complexity index is 996. The monoisotopic (exact) mass is 376 g/mol. The molecule has 1 heterocycles. The zero-order valence-electron chi connectivity index (χ0n) is 13.8. The molecule has 7 heteroatoms. The third-order valence-corrected chi connectivity index (χ3v) is 6.09. The number of nitrogens with one attached hydrogen (secondary N) is 1. The van der Waals surface area contributed by atoms with Gasteiger partial charge in [-0.1, -0.05) is 24.3 Å². The van der Waals surface area contributed by atoms with Gasteiger partial charge in [-0.15, -0.1) is 11.3 Å². The third-order valence-electron chi connectivity index (χ3n) is 3.77. The lowest BCUT2D eigenvalue weighted by molar-refractivity contribution is 0.580. The lowest BCUT2D eigenvalue weighted by Gasteiger charge is -2.11. The lowest BCUT2D eigenvalue weighted by Crippen LogP contribution is -2.24. The van der Waals surface area contributed by atoms with Crippen LogP contribution in [0.2, 0.25) is 0 Å². The summed E-state index contributed by atoms with van der Waals surface area (Å²) in [6, 6.07) is 11.0. The normalized spacial score (nSPS) is 11.6. The maximum Gasteiger partial charge on any atom is 0.241 e. The van der Waals surface area contributed by atoms with E-state index in [9.17, 15) is 12.8 Å². The molecule has 0 aliphatic rings. The van der Waals surface area contributed by atoms with Gasteiger partial charge in [0, 0.05) is 17.5 Å². The molecule has 0 saturated heterocycles. The highest BCUT2D eigenvalue weighted by Gasteiger charge is 2.18. The first kappa shape index (κ1) is 17.7. The summed E-state index contributed by atoms with van der Waals surface area (Å²) in [5.74, 6) is -0.353. The highest BCUT2D eigenvalue weighted by molar-refractivity contribution is 7.89. The summed E-state index contributed by atoms with van der Waals surface area (Å²) in [6.45, 7) is 3.76. The number of aromatic nitrogens is 1. The zero-order chi connectivity index (χ0) is 18.0. The Labute approximate surface area is 150 Å². The molecule has 0 unspecified atom stereocenters. The van der Waals surface area contributed by atoms with Gasteiger partial charge in [0.25, 0.3) is 0 Å². The summed E-state index contributed by atoms with van der Waals surface area (Å²) in [7, 11) is -3.69. The van der Waals surface area contributed by atoms with Crippen molar-refractivity contribution in [2.45, 2.75) is 25.3 Å². The third kappa shape index (κ3) is 4.12. The number of rotatable bonds is 5. The van der Waals surface area contributed by atoms with E-state index < -0.39 is 10.0 Å². The largest absolute Gasteiger partial charge is 0.242 e. The van der Waals surface area contributed by atoms with E-state index in [-0.39, 0.29) is 17.3 Å². The average molecular weight is 376 g/mol. The van der Waals surface area contributed by atoms with Gasteiger partial charge in [0.2, 0.25) is 10.0 Å². The number of benzene rings is 2. The van der Waals surface area contributed by atoms with Gasteiger partial charge in [0.05, 0.1) is 15.6 Å². The Morgan fingerprint density at radius 3 is 2.48 bits per heavy atom. The second-order valence-corrected chi connectivity index (χ2v) is 8.48. The van der Waals surface area contributed by atoms with E-state index in [4.69, 9.17) is 0 Å².